The summed E-state index contributed by atoms with van der Waals surface area (Å²) < 4.78 is 29.9. The van der Waals surface area contributed by atoms with Crippen LogP contribution in [0.4, 0.5) is 5.69 Å². The van der Waals surface area contributed by atoms with Gasteiger partial charge in [-0.05, 0) is 23.3 Å². The van der Waals surface area contributed by atoms with Gasteiger partial charge >= 0.3 is 5.97 Å². The number of methoxy groups -OCH3 is 1. The quantitative estimate of drug-likeness (QED) is 0.805. The largest absolute Gasteiger partial charge is 0.467 e. The number of rotatable bonds is 6. The Balaban J connectivity index is 2.23. The van der Waals surface area contributed by atoms with Gasteiger partial charge in [0.15, 0.2) is 6.10 Å². The molecule has 2 aromatic rings. The Hall–Kier alpha value is -2.38. The first-order valence-electron chi connectivity index (χ1n) is 7.20. The summed E-state index contributed by atoms with van der Waals surface area (Å²) in [4.78, 5) is 11.3. The smallest absolute Gasteiger partial charge is 0.339 e. The molecule has 0 bridgehead atoms. The molecule has 0 aliphatic rings. The lowest BCUT2D eigenvalue weighted by molar-refractivity contribution is -0.150. The van der Waals surface area contributed by atoms with Crippen LogP contribution in [0.1, 0.15) is 17.2 Å². The Morgan fingerprint density at radius 2 is 1.71 bits per heavy atom. The van der Waals surface area contributed by atoms with E-state index >= 15 is 0 Å². The third kappa shape index (κ3) is 4.33. The number of sulfonamides is 1. The van der Waals surface area contributed by atoms with Gasteiger partial charge in [-0.25, -0.2) is 13.2 Å². The van der Waals surface area contributed by atoms with E-state index in [9.17, 15) is 18.3 Å². The highest BCUT2D eigenvalue weighted by molar-refractivity contribution is 7.92. The van der Waals surface area contributed by atoms with Crippen LogP contribution >= 0.6 is 0 Å². The molecule has 24 heavy (non-hydrogen) atoms. The van der Waals surface area contributed by atoms with E-state index in [2.05, 4.69) is 4.74 Å². The highest BCUT2D eigenvalue weighted by atomic mass is 32.2. The van der Waals surface area contributed by atoms with Gasteiger partial charge in [-0.1, -0.05) is 42.5 Å². The van der Waals surface area contributed by atoms with Gasteiger partial charge in [0.2, 0.25) is 10.0 Å². The van der Waals surface area contributed by atoms with Gasteiger partial charge in [-0.2, -0.15) is 0 Å². The SMILES string of the molecule is COC(=O)C(O)c1ccc(CN(c2ccccc2)S(C)(=O)=O)cc1. The lowest BCUT2D eigenvalue weighted by Gasteiger charge is -2.22. The number of para-hydroxylation sites is 1. The Labute approximate surface area is 141 Å². The molecular weight excluding hydrogens is 330 g/mol. The highest BCUT2D eigenvalue weighted by Crippen LogP contribution is 2.21. The van der Waals surface area contributed by atoms with E-state index in [1.807, 2.05) is 6.07 Å². The number of anilines is 1. The van der Waals surface area contributed by atoms with E-state index in [1.54, 1.807) is 48.5 Å². The van der Waals surface area contributed by atoms with Crippen molar-refractivity contribution in [2.45, 2.75) is 12.6 Å². The van der Waals surface area contributed by atoms with Crippen LogP contribution in [-0.2, 0) is 26.1 Å². The summed E-state index contributed by atoms with van der Waals surface area (Å²) in [5, 5.41) is 9.79. The summed E-state index contributed by atoms with van der Waals surface area (Å²) in [7, 11) is -2.25. The molecule has 7 heteroatoms. The van der Waals surface area contributed by atoms with Crippen molar-refractivity contribution in [1.82, 2.24) is 0 Å². The van der Waals surface area contributed by atoms with Crippen molar-refractivity contribution in [2.75, 3.05) is 17.7 Å². The van der Waals surface area contributed by atoms with Crippen LogP contribution in [-0.4, -0.2) is 32.9 Å². The predicted molar refractivity (Wildman–Crippen MR) is 90.9 cm³/mol. The second kappa shape index (κ2) is 7.46. The van der Waals surface area contributed by atoms with Crippen LogP contribution in [0.5, 0.6) is 0 Å². The number of nitrogens with zero attached hydrogens (tertiary/aromatic N) is 1. The van der Waals surface area contributed by atoms with E-state index in [-0.39, 0.29) is 6.54 Å². The number of ether oxygens (including phenoxy) is 1. The first-order valence-corrected chi connectivity index (χ1v) is 9.05. The lowest BCUT2D eigenvalue weighted by atomic mass is 10.1. The molecule has 2 rings (SSSR count). The molecule has 1 atom stereocenters. The molecule has 0 aliphatic heterocycles. The fourth-order valence-electron chi connectivity index (χ4n) is 2.21. The van der Waals surface area contributed by atoms with Crippen LogP contribution in [0.25, 0.3) is 0 Å². The van der Waals surface area contributed by atoms with E-state index in [0.717, 1.165) is 11.8 Å². The first-order chi connectivity index (χ1) is 11.3. The summed E-state index contributed by atoms with van der Waals surface area (Å²) in [6.45, 7) is 0.150. The molecule has 1 N–H and O–H groups in total. The number of hydrogen-bond donors (Lipinski definition) is 1. The molecular formula is C17H19NO5S. The van der Waals surface area contributed by atoms with Crippen molar-refractivity contribution in [1.29, 1.82) is 0 Å². The van der Waals surface area contributed by atoms with E-state index < -0.39 is 22.1 Å². The molecule has 0 saturated heterocycles. The molecule has 128 valence electrons. The molecule has 2 aromatic carbocycles. The maximum Gasteiger partial charge on any atom is 0.339 e. The van der Waals surface area contributed by atoms with Crippen LogP contribution in [0.15, 0.2) is 54.6 Å². The molecule has 0 heterocycles. The number of benzene rings is 2. The minimum Gasteiger partial charge on any atom is -0.467 e. The van der Waals surface area contributed by atoms with E-state index in [1.165, 1.54) is 11.4 Å². The molecule has 0 radical (unpaired) electrons. The van der Waals surface area contributed by atoms with Crippen molar-refractivity contribution in [2.24, 2.45) is 0 Å². The fraction of sp³-hybridized carbons (Fsp3) is 0.235. The average Bonchev–Trinajstić information content (AvgIpc) is 2.58. The maximum atomic E-state index is 12.1. The van der Waals surface area contributed by atoms with Gasteiger partial charge in [0.05, 0.1) is 25.6 Å². The number of aliphatic hydroxyl groups is 1. The molecule has 1 unspecified atom stereocenters. The van der Waals surface area contributed by atoms with Crippen LogP contribution in [0, 0.1) is 0 Å². The zero-order chi connectivity index (χ0) is 17.7. The van der Waals surface area contributed by atoms with Gasteiger partial charge in [0.25, 0.3) is 0 Å². The monoisotopic (exact) mass is 349 g/mol. The van der Waals surface area contributed by atoms with Crippen LogP contribution in [0.3, 0.4) is 0 Å². The number of aliphatic hydroxyl groups excluding tert-OH is 1. The minimum absolute atomic E-state index is 0.150. The van der Waals surface area contributed by atoms with Gasteiger partial charge in [-0.3, -0.25) is 4.31 Å². The third-order valence-electron chi connectivity index (χ3n) is 3.49. The molecule has 0 saturated carbocycles. The molecule has 0 amide bonds. The second-order valence-electron chi connectivity index (χ2n) is 5.27. The standard InChI is InChI=1S/C17H19NO5S/c1-23-17(20)16(19)14-10-8-13(9-11-14)12-18(24(2,21)22)15-6-4-3-5-7-15/h3-11,16,19H,12H2,1-2H3. The van der Waals surface area contributed by atoms with Gasteiger partial charge < -0.3 is 9.84 Å². The fourth-order valence-corrected chi connectivity index (χ4v) is 3.10. The van der Waals surface area contributed by atoms with Crippen molar-refractivity contribution >= 4 is 21.7 Å². The first kappa shape index (κ1) is 18.0. The number of carbonyl (C=O) groups excluding carboxylic acids is 1. The maximum absolute atomic E-state index is 12.1. The summed E-state index contributed by atoms with van der Waals surface area (Å²) >= 11 is 0. The summed E-state index contributed by atoms with van der Waals surface area (Å²) in [6, 6.07) is 15.3. The molecule has 0 aliphatic carbocycles. The highest BCUT2D eigenvalue weighted by Gasteiger charge is 2.20. The molecule has 6 nitrogen and oxygen atoms in total. The van der Waals surface area contributed by atoms with Crippen LogP contribution in [0.2, 0.25) is 0 Å². The summed E-state index contributed by atoms with van der Waals surface area (Å²) in [6.07, 6.45) is -0.209. The second-order valence-corrected chi connectivity index (χ2v) is 7.18. The zero-order valence-electron chi connectivity index (χ0n) is 13.4. The zero-order valence-corrected chi connectivity index (χ0v) is 14.2. The number of hydrogen-bond acceptors (Lipinski definition) is 5. The van der Waals surface area contributed by atoms with E-state index in [4.69, 9.17) is 0 Å². The molecule has 0 spiro atoms. The van der Waals surface area contributed by atoms with E-state index in [0.29, 0.717) is 11.3 Å². The van der Waals surface area contributed by atoms with Gasteiger partial charge in [0, 0.05) is 0 Å². The van der Waals surface area contributed by atoms with Crippen molar-refractivity contribution < 1.29 is 23.1 Å². The van der Waals surface area contributed by atoms with Gasteiger partial charge in [-0.15, -0.1) is 0 Å². The number of carbonyl (C=O) groups is 1. The average molecular weight is 349 g/mol. The Kier molecular flexibility index (Phi) is 5.58. The van der Waals surface area contributed by atoms with Gasteiger partial charge in [0.1, 0.15) is 0 Å². The Morgan fingerprint density at radius 1 is 1.12 bits per heavy atom. The van der Waals surface area contributed by atoms with Crippen molar-refractivity contribution in [3.05, 3.63) is 65.7 Å². The van der Waals surface area contributed by atoms with Crippen molar-refractivity contribution in [3.8, 4) is 0 Å². The predicted octanol–water partition coefficient (Wildman–Crippen LogP) is 1.86. The summed E-state index contributed by atoms with van der Waals surface area (Å²) in [5.74, 6) is -0.746. The minimum atomic E-state index is -3.45. The molecule has 0 fully saturated rings. The third-order valence-corrected chi connectivity index (χ3v) is 4.63. The Morgan fingerprint density at radius 3 is 2.21 bits per heavy atom. The number of esters is 1. The Bertz CT molecular complexity index is 787. The molecule has 0 aromatic heterocycles. The van der Waals surface area contributed by atoms with Crippen LogP contribution < -0.4 is 4.31 Å². The summed E-state index contributed by atoms with van der Waals surface area (Å²) in [5.41, 5.74) is 1.68. The normalized spacial score (nSPS) is 12.5. The lowest BCUT2D eigenvalue weighted by Crippen LogP contribution is -2.29. The van der Waals surface area contributed by atoms with Crippen molar-refractivity contribution in [3.63, 3.8) is 0 Å². The topological polar surface area (TPSA) is 83.9 Å².